The van der Waals surface area contributed by atoms with Gasteiger partial charge in [-0.2, -0.15) is 0 Å². The minimum Gasteiger partial charge on any atom is -0.389 e. The first kappa shape index (κ1) is 22.8. The van der Waals surface area contributed by atoms with E-state index in [1.807, 2.05) is 13.8 Å². The van der Waals surface area contributed by atoms with Gasteiger partial charge in [0.25, 0.3) is 0 Å². The summed E-state index contributed by atoms with van der Waals surface area (Å²) in [5.41, 5.74) is -0.426. The minimum atomic E-state index is -4.12. The fourth-order valence-corrected chi connectivity index (χ4v) is 5.47. The van der Waals surface area contributed by atoms with Gasteiger partial charge in [-0.3, -0.25) is 0 Å². The molecule has 8 heteroatoms. The molecule has 0 N–H and O–H groups in total. The first-order valence-electron chi connectivity index (χ1n) is 10.1. The predicted octanol–water partition coefficient (Wildman–Crippen LogP) is 4.70. The van der Waals surface area contributed by atoms with Gasteiger partial charge in [0, 0.05) is 43.6 Å². The zero-order chi connectivity index (χ0) is 22.7. The van der Waals surface area contributed by atoms with Crippen molar-refractivity contribution in [3.63, 3.8) is 0 Å². The standard InChI is InChI=1S/C23H25FN2O4S/c1-5-7-9-13-23(14-10-8-6-2,31(27,28)20-16-22(3,4)30-25-20)21-18-12-11-17(24)15-19(18)29-26-21/h11-12,15H,5-6,13-14,16H2,1-4H3. The highest BCUT2D eigenvalue weighted by Gasteiger charge is 2.53. The van der Waals surface area contributed by atoms with Crippen molar-refractivity contribution in [3.8, 4) is 23.7 Å². The van der Waals surface area contributed by atoms with E-state index in [2.05, 4.69) is 34.0 Å². The summed E-state index contributed by atoms with van der Waals surface area (Å²) in [5.74, 6) is 11.3. The highest BCUT2D eigenvalue weighted by atomic mass is 32.2. The van der Waals surface area contributed by atoms with Crippen LogP contribution in [0.5, 0.6) is 0 Å². The third-order valence-electron chi connectivity index (χ3n) is 5.01. The maximum Gasteiger partial charge on any atom is 0.208 e. The molecule has 2 aromatic rings. The molecule has 0 aliphatic carbocycles. The van der Waals surface area contributed by atoms with E-state index in [4.69, 9.17) is 9.36 Å². The second-order valence-corrected chi connectivity index (χ2v) is 10.2. The van der Waals surface area contributed by atoms with Crippen molar-refractivity contribution in [1.82, 2.24) is 5.16 Å². The van der Waals surface area contributed by atoms with Crippen LogP contribution in [0.2, 0.25) is 0 Å². The largest absolute Gasteiger partial charge is 0.389 e. The third kappa shape index (κ3) is 4.31. The van der Waals surface area contributed by atoms with Gasteiger partial charge in [0.1, 0.15) is 21.9 Å². The SMILES string of the molecule is CCC#CCC(CC#CCC)(c1noc2cc(F)ccc12)S(=O)(=O)C1=NOC(C)(C)C1. The molecule has 0 amide bonds. The summed E-state index contributed by atoms with van der Waals surface area (Å²) in [6, 6.07) is 3.89. The van der Waals surface area contributed by atoms with Gasteiger partial charge >= 0.3 is 0 Å². The molecular weight excluding hydrogens is 419 g/mol. The molecule has 6 nitrogen and oxygen atoms in total. The van der Waals surface area contributed by atoms with Crippen LogP contribution in [-0.4, -0.2) is 24.2 Å². The highest BCUT2D eigenvalue weighted by Crippen LogP contribution is 2.43. The summed E-state index contributed by atoms with van der Waals surface area (Å²) in [6.07, 6.45) is 1.14. The van der Waals surface area contributed by atoms with E-state index in [9.17, 15) is 12.8 Å². The van der Waals surface area contributed by atoms with E-state index in [1.54, 1.807) is 13.8 Å². The molecule has 0 bridgehead atoms. The Labute approximate surface area is 182 Å². The van der Waals surface area contributed by atoms with Crippen LogP contribution in [-0.2, 0) is 19.4 Å². The van der Waals surface area contributed by atoms with Crippen LogP contribution in [0.3, 0.4) is 0 Å². The van der Waals surface area contributed by atoms with E-state index in [-0.39, 0.29) is 35.6 Å². The van der Waals surface area contributed by atoms with Gasteiger partial charge in [-0.1, -0.05) is 24.2 Å². The van der Waals surface area contributed by atoms with E-state index in [0.29, 0.717) is 18.2 Å². The molecule has 1 aliphatic rings. The van der Waals surface area contributed by atoms with Gasteiger partial charge in [0.2, 0.25) is 9.84 Å². The number of oxime groups is 1. The van der Waals surface area contributed by atoms with E-state index in [1.165, 1.54) is 18.2 Å². The summed E-state index contributed by atoms with van der Waals surface area (Å²) >= 11 is 0. The Bertz CT molecular complexity index is 1210. The summed E-state index contributed by atoms with van der Waals surface area (Å²) in [6.45, 7) is 7.29. The Morgan fingerprint density at radius 2 is 1.77 bits per heavy atom. The molecule has 1 aromatic carbocycles. The normalized spacial score (nSPS) is 15.5. The molecule has 0 unspecified atom stereocenters. The van der Waals surface area contributed by atoms with Crippen LogP contribution in [0.4, 0.5) is 4.39 Å². The summed E-state index contributed by atoms with van der Waals surface area (Å²) in [5, 5.41) is 8.32. The summed E-state index contributed by atoms with van der Waals surface area (Å²) < 4.78 is 45.5. The quantitative estimate of drug-likeness (QED) is 0.639. The van der Waals surface area contributed by atoms with Gasteiger partial charge in [-0.15, -0.1) is 23.7 Å². The zero-order valence-electron chi connectivity index (χ0n) is 18.1. The number of sulfone groups is 1. The maximum atomic E-state index is 14.0. The van der Waals surface area contributed by atoms with Crippen molar-refractivity contribution < 1.29 is 22.2 Å². The Balaban J connectivity index is 2.29. The van der Waals surface area contributed by atoms with E-state index < -0.39 is 26.0 Å². The number of nitrogens with zero attached hydrogens (tertiary/aromatic N) is 2. The van der Waals surface area contributed by atoms with Crippen LogP contribution < -0.4 is 0 Å². The van der Waals surface area contributed by atoms with Crippen molar-refractivity contribution in [2.45, 2.75) is 70.1 Å². The monoisotopic (exact) mass is 444 g/mol. The molecule has 0 radical (unpaired) electrons. The van der Waals surface area contributed by atoms with Crippen molar-refractivity contribution in [2.24, 2.45) is 5.16 Å². The molecule has 31 heavy (non-hydrogen) atoms. The van der Waals surface area contributed by atoms with E-state index >= 15 is 0 Å². The topological polar surface area (TPSA) is 81.8 Å². The van der Waals surface area contributed by atoms with Gasteiger partial charge in [-0.05, 0) is 26.0 Å². The van der Waals surface area contributed by atoms with Crippen molar-refractivity contribution >= 4 is 25.9 Å². The average molecular weight is 445 g/mol. The van der Waals surface area contributed by atoms with Crippen LogP contribution in [0.1, 0.15) is 65.5 Å². The first-order chi connectivity index (χ1) is 14.7. The number of hydrogen-bond acceptors (Lipinski definition) is 6. The number of halogens is 1. The molecule has 0 atom stereocenters. The second kappa shape index (κ2) is 8.72. The maximum absolute atomic E-state index is 14.0. The van der Waals surface area contributed by atoms with Gasteiger partial charge in [-0.25, -0.2) is 12.8 Å². The van der Waals surface area contributed by atoms with Crippen LogP contribution >= 0.6 is 0 Å². The molecule has 0 saturated heterocycles. The fraction of sp³-hybridized carbons (Fsp3) is 0.478. The number of hydrogen-bond donors (Lipinski definition) is 0. The first-order valence-corrected chi connectivity index (χ1v) is 11.6. The molecule has 3 rings (SSSR count). The molecule has 164 valence electrons. The molecule has 1 aromatic heterocycles. The second-order valence-electron chi connectivity index (χ2n) is 7.95. The molecular formula is C23H25FN2O4S. The van der Waals surface area contributed by atoms with Crippen molar-refractivity contribution in [1.29, 1.82) is 0 Å². The lowest BCUT2D eigenvalue weighted by Gasteiger charge is -2.28. The lowest BCUT2D eigenvalue weighted by Crippen LogP contribution is -2.41. The molecule has 0 fully saturated rings. The number of aromatic nitrogens is 1. The fourth-order valence-electron chi connectivity index (χ4n) is 3.42. The number of rotatable bonds is 4. The van der Waals surface area contributed by atoms with Gasteiger partial charge < -0.3 is 9.36 Å². The van der Waals surface area contributed by atoms with Gasteiger partial charge in [0.05, 0.1) is 0 Å². The Hall–Kier alpha value is -2.84. The van der Waals surface area contributed by atoms with Crippen LogP contribution in [0.25, 0.3) is 11.0 Å². The molecule has 2 heterocycles. The zero-order valence-corrected chi connectivity index (χ0v) is 18.9. The molecule has 0 spiro atoms. The van der Waals surface area contributed by atoms with Crippen molar-refractivity contribution in [2.75, 3.05) is 0 Å². The predicted molar refractivity (Wildman–Crippen MR) is 117 cm³/mol. The Kier molecular flexibility index (Phi) is 6.43. The molecule has 1 aliphatic heterocycles. The summed E-state index contributed by atoms with van der Waals surface area (Å²) in [4.78, 5) is 5.35. The third-order valence-corrected chi connectivity index (χ3v) is 7.36. The minimum absolute atomic E-state index is 0.0555. The molecule has 0 saturated carbocycles. The average Bonchev–Trinajstić information content (AvgIpc) is 3.30. The van der Waals surface area contributed by atoms with Gasteiger partial charge in [0.15, 0.2) is 10.6 Å². The highest BCUT2D eigenvalue weighted by molar-refractivity contribution is 8.07. The van der Waals surface area contributed by atoms with Crippen LogP contribution in [0, 0.1) is 29.5 Å². The summed E-state index contributed by atoms with van der Waals surface area (Å²) in [7, 11) is -4.12. The van der Waals surface area contributed by atoms with E-state index in [0.717, 1.165) is 0 Å². The Morgan fingerprint density at radius 1 is 1.13 bits per heavy atom. The number of benzene rings is 1. The van der Waals surface area contributed by atoms with Crippen molar-refractivity contribution in [3.05, 3.63) is 29.7 Å². The number of fused-ring (bicyclic) bond motifs is 1. The smallest absolute Gasteiger partial charge is 0.208 e. The Morgan fingerprint density at radius 3 is 2.32 bits per heavy atom. The van der Waals surface area contributed by atoms with Crippen LogP contribution in [0.15, 0.2) is 27.9 Å². The lowest BCUT2D eigenvalue weighted by molar-refractivity contribution is 0.0123. The lowest BCUT2D eigenvalue weighted by atomic mass is 9.94.